The van der Waals surface area contributed by atoms with E-state index in [2.05, 4.69) is 145 Å². The van der Waals surface area contributed by atoms with E-state index in [0.717, 1.165) is 12.8 Å². The molecule has 0 saturated carbocycles. The SMILES string of the molecule is C1=Cc2c(c(-c3ccccc3)c3ccccc3c2-c2ccc(-c3cccc(-c4ccncc4)c3)c3ccccc23)CC1. The van der Waals surface area contributed by atoms with E-state index in [1.165, 1.54) is 77.2 Å². The lowest BCUT2D eigenvalue weighted by Gasteiger charge is -2.24. The first-order valence-electron chi connectivity index (χ1n) is 14.7. The normalized spacial score (nSPS) is 12.5. The van der Waals surface area contributed by atoms with Crippen LogP contribution in [0.25, 0.3) is 72.1 Å². The highest BCUT2D eigenvalue weighted by atomic mass is 14.6. The Balaban J connectivity index is 1.39. The molecule has 42 heavy (non-hydrogen) atoms. The van der Waals surface area contributed by atoms with E-state index in [-0.39, 0.29) is 0 Å². The number of rotatable bonds is 4. The van der Waals surface area contributed by atoms with Crippen LogP contribution < -0.4 is 0 Å². The van der Waals surface area contributed by atoms with Gasteiger partial charge in [0.15, 0.2) is 0 Å². The van der Waals surface area contributed by atoms with Crippen LogP contribution in [-0.4, -0.2) is 4.98 Å². The van der Waals surface area contributed by atoms with E-state index >= 15 is 0 Å². The molecule has 8 rings (SSSR count). The van der Waals surface area contributed by atoms with E-state index in [9.17, 15) is 0 Å². The number of allylic oxidation sites excluding steroid dienone is 1. The Hall–Kier alpha value is -5.27. The van der Waals surface area contributed by atoms with Crippen molar-refractivity contribution in [3.05, 3.63) is 157 Å². The Labute approximate surface area is 246 Å². The summed E-state index contributed by atoms with van der Waals surface area (Å²) in [4.78, 5) is 4.20. The predicted molar refractivity (Wildman–Crippen MR) is 178 cm³/mol. The molecule has 1 nitrogen and oxygen atoms in total. The van der Waals surface area contributed by atoms with Crippen LogP contribution in [0, 0.1) is 0 Å². The highest BCUT2D eigenvalue weighted by Gasteiger charge is 2.22. The number of pyridine rings is 1. The van der Waals surface area contributed by atoms with Crippen molar-refractivity contribution in [2.45, 2.75) is 12.8 Å². The molecule has 0 atom stereocenters. The lowest BCUT2D eigenvalue weighted by Crippen LogP contribution is -2.02. The van der Waals surface area contributed by atoms with E-state index in [0.29, 0.717) is 0 Å². The van der Waals surface area contributed by atoms with Crippen LogP contribution in [0.1, 0.15) is 17.5 Å². The number of aromatic nitrogens is 1. The smallest absolute Gasteiger partial charge is 0.0273 e. The third-order valence-electron chi connectivity index (χ3n) is 8.65. The van der Waals surface area contributed by atoms with Crippen LogP contribution >= 0.6 is 0 Å². The van der Waals surface area contributed by atoms with Gasteiger partial charge in [-0.1, -0.05) is 121 Å². The molecule has 1 aromatic heterocycles. The first kappa shape index (κ1) is 24.5. The number of nitrogens with zero attached hydrogens (tertiary/aromatic N) is 1. The minimum Gasteiger partial charge on any atom is -0.265 e. The van der Waals surface area contributed by atoms with Crippen molar-refractivity contribution in [1.82, 2.24) is 4.98 Å². The molecular weight excluding hydrogens is 506 g/mol. The molecule has 1 heteroatoms. The molecule has 198 valence electrons. The lowest BCUT2D eigenvalue weighted by atomic mass is 9.79. The number of benzene rings is 6. The van der Waals surface area contributed by atoms with Gasteiger partial charge in [0, 0.05) is 12.4 Å². The Morgan fingerprint density at radius 3 is 1.86 bits per heavy atom. The maximum Gasteiger partial charge on any atom is 0.0273 e. The van der Waals surface area contributed by atoms with Crippen molar-refractivity contribution in [2.24, 2.45) is 0 Å². The molecule has 1 aliphatic carbocycles. The van der Waals surface area contributed by atoms with Crippen molar-refractivity contribution < 1.29 is 0 Å². The van der Waals surface area contributed by atoms with Crippen LogP contribution in [-0.2, 0) is 6.42 Å². The molecule has 1 heterocycles. The van der Waals surface area contributed by atoms with Gasteiger partial charge >= 0.3 is 0 Å². The maximum absolute atomic E-state index is 4.20. The summed E-state index contributed by atoms with van der Waals surface area (Å²) in [5.41, 5.74) is 13.0. The fraction of sp³-hybridized carbons (Fsp3) is 0.0488. The monoisotopic (exact) mass is 535 g/mol. The molecule has 0 spiro atoms. The zero-order valence-electron chi connectivity index (χ0n) is 23.3. The molecule has 0 saturated heterocycles. The summed E-state index contributed by atoms with van der Waals surface area (Å²) >= 11 is 0. The van der Waals surface area contributed by atoms with Gasteiger partial charge < -0.3 is 0 Å². The summed E-state index contributed by atoms with van der Waals surface area (Å²) in [5.74, 6) is 0. The summed E-state index contributed by atoms with van der Waals surface area (Å²) in [6.45, 7) is 0. The second-order valence-electron chi connectivity index (χ2n) is 11.0. The van der Waals surface area contributed by atoms with Gasteiger partial charge in [-0.05, 0) is 108 Å². The standard InChI is InChI=1S/C41H29N/c1-2-11-29(12-3-1)40-35-17-6-8-19-37(35)41(38-20-9-7-18-36(38)40)39-22-21-32(33-15-4-5-16-34(33)39)31-14-10-13-30(27-31)28-23-25-42-26-24-28/h1-6,8-17,19-27H,7,18H2. The van der Waals surface area contributed by atoms with E-state index in [1.807, 2.05) is 12.4 Å². The molecule has 0 bridgehead atoms. The van der Waals surface area contributed by atoms with Crippen LogP contribution in [0.2, 0.25) is 0 Å². The summed E-state index contributed by atoms with van der Waals surface area (Å²) in [6.07, 6.45) is 10.5. The molecule has 6 aromatic carbocycles. The van der Waals surface area contributed by atoms with Crippen molar-refractivity contribution >= 4 is 27.6 Å². The second-order valence-corrected chi connectivity index (χ2v) is 11.0. The molecule has 0 unspecified atom stereocenters. The first-order valence-corrected chi connectivity index (χ1v) is 14.7. The topological polar surface area (TPSA) is 12.9 Å². The average Bonchev–Trinajstić information content (AvgIpc) is 3.07. The molecule has 0 amide bonds. The Bertz CT molecular complexity index is 2120. The highest BCUT2D eigenvalue weighted by molar-refractivity contribution is 6.15. The van der Waals surface area contributed by atoms with Gasteiger partial charge in [0.2, 0.25) is 0 Å². The third kappa shape index (κ3) is 4.05. The minimum atomic E-state index is 1.05. The van der Waals surface area contributed by atoms with Crippen LogP contribution in [0.5, 0.6) is 0 Å². The Morgan fingerprint density at radius 1 is 0.452 bits per heavy atom. The average molecular weight is 536 g/mol. The summed E-state index contributed by atoms with van der Waals surface area (Å²) in [6, 6.07) is 46.5. The molecule has 0 radical (unpaired) electrons. The Morgan fingerprint density at radius 2 is 1.07 bits per heavy atom. The van der Waals surface area contributed by atoms with Gasteiger partial charge in [0.25, 0.3) is 0 Å². The van der Waals surface area contributed by atoms with E-state index in [4.69, 9.17) is 0 Å². The zero-order chi connectivity index (χ0) is 27.9. The molecule has 7 aromatic rings. The van der Waals surface area contributed by atoms with Gasteiger partial charge in [-0.3, -0.25) is 4.98 Å². The number of hydrogen-bond donors (Lipinski definition) is 0. The molecule has 0 N–H and O–H groups in total. The van der Waals surface area contributed by atoms with Crippen molar-refractivity contribution in [2.75, 3.05) is 0 Å². The largest absolute Gasteiger partial charge is 0.265 e. The third-order valence-corrected chi connectivity index (χ3v) is 8.65. The van der Waals surface area contributed by atoms with Crippen LogP contribution in [0.15, 0.2) is 146 Å². The van der Waals surface area contributed by atoms with Crippen molar-refractivity contribution in [1.29, 1.82) is 0 Å². The zero-order valence-corrected chi connectivity index (χ0v) is 23.3. The van der Waals surface area contributed by atoms with Crippen LogP contribution in [0.3, 0.4) is 0 Å². The molecule has 0 fully saturated rings. The quantitative estimate of drug-likeness (QED) is 0.218. The van der Waals surface area contributed by atoms with Crippen LogP contribution in [0.4, 0.5) is 0 Å². The molecule has 1 aliphatic rings. The summed E-state index contributed by atoms with van der Waals surface area (Å²) in [5, 5.41) is 5.18. The van der Waals surface area contributed by atoms with Gasteiger partial charge in [-0.25, -0.2) is 0 Å². The second kappa shape index (κ2) is 10.3. The van der Waals surface area contributed by atoms with Gasteiger partial charge in [0.05, 0.1) is 0 Å². The molecular formula is C41H29N. The fourth-order valence-corrected chi connectivity index (χ4v) is 6.79. The minimum absolute atomic E-state index is 1.05. The predicted octanol–water partition coefficient (Wildman–Crippen LogP) is 11.0. The van der Waals surface area contributed by atoms with Crippen molar-refractivity contribution in [3.63, 3.8) is 0 Å². The summed E-state index contributed by atoms with van der Waals surface area (Å²) < 4.78 is 0. The van der Waals surface area contributed by atoms with Gasteiger partial charge in [0.1, 0.15) is 0 Å². The summed E-state index contributed by atoms with van der Waals surface area (Å²) in [7, 11) is 0. The fourth-order valence-electron chi connectivity index (χ4n) is 6.79. The van der Waals surface area contributed by atoms with Gasteiger partial charge in [-0.2, -0.15) is 0 Å². The lowest BCUT2D eigenvalue weighted by molar-refractivity contribution is 0.991. The van der Waals surface area contributed by atoms with Crippen molar-refractivity contribution in [3.8, 4) is 44.5 Å². The Kier molecular flexibility index (Phi) is 6.00. The number of hydrogen-bond acceptors (Lipinski definition) is 1. The maximum atomic E-state index is 4.20. The van der Waals surface area contributed by atoms with E-state index in [1.54, 1.807) is 0 Å². The highest BCUT2D eigenvalue weighted by Crippen LogP contribution is 2.47. The molecule has 0 aliphatic heterocycles. The van der Waals surface area contributed by atoms with E-state index < -0.39 is 0 Å². The first-order chi connectivity index (χ1) is 20.9. The van der Waals surface area contributed by atoms with Gasteiger partial charge in [-0.15, -0.1) is 0 Å². The number of fused-ring (bicyclic) bond motifs is 3.